The number of carboxylic acid groups (broad SMARTS) is 1. The van der Waals surface area contributed by atoms with Crippen molar-refractivity contribution in [2.75, 3.05) is 0 Å². The maximum absolute atomic E-state index is 10.7. The molecule has 0 atom stereocenters. The smallest absolute Gasteiger partial charge is 0.303 e. The molecule has 21 heavy (non-hydrogen) atoms. The number of carboxylic acids is 1. The van der Waals surface area contributed by atoms with Gasteiger partial charge >= 0.3 is 5.97 Å². The fraction of sp³-hybridized carbons (Fsp3) is 0.933. The van der Waals surface area contributed by atoms with E-state index in [0.717, 1.165) is 37.5 Å². The van der Waals surface area contributed by atoms with E-state index in [1.165, 1.54) is 6.42 Å². The minimum Gasteiger partial charge on any atom is -0.481 e. The Balaban J connectivity index is 1.46. The molecule has 0 unspecified atom stereocenters. The standard InChI is InChI=1S/C15H22O6/c1-14(3-2-13(16)17)18-20-15(21-19-14)11-5-9-4-10(7-11)8-12(15)6-9/h9-12H,2-8H2,1H3,(H,16,17). The van der Waals surface area contributed by atoms with E-state index in [1.807, 2.05) is 0 Å². The summed E-state index contributed by atoms with van der Waals surface area (Å²) >= 11 is 0. The fourth-order valence-electron chi connectivity index (χ4n) is 4.86. The highest BCUT2D eigenvalue weighted by molar-refractivity contribution is 5.66. The molecule has 4 saturated carbocycles. The van der Waals surface area contributed by atoms with Crippen molar-refractivity contribution >= 4 is 5.97 Å². The summed E-state index contributed by atoms with van der Waals surface area (Å²) in [5.41, 5.74) is 0. The number of rotatable bonds is 3. The lowest BCUT2D eigenvalue weighted by Gasteiger charge is -2.60. The summed E-state index contributed by atoms with van der Waals surface area (Å²) < 4.78 is 0. The molecule has 0 aromatic rings. The van der Waals surface area contributed by atoms with Crippen molar-refractivity contribution in [2.24, 2.45) is 23.7 Å². The van der Waals surface area contributed by atoms with Gasteiger partial charge in [0, 0.05) is 18.3 Å². The number of carbonyl (C=O) groups is 1. The summed E-state index contributed by atoms with van der Waals surface area (Å²) in [6.45, 7) is 1.65. The molecular weight excluding hydrogens is 276 g/mol. The Hall–Kier alpha value is -0.690. The molecule has 1 spiro atoms. The highest BCUT2D eigenvalue weighted by atomic mass is 17.4. The lowest BCUT2D eigenvalue weighted by atomic mass is 9.53. The van der Waals surface area contributed by atoms with Crippen LogP contribution in [0.4, 0.5) is 0 Å². The van der Waals surface area contributed by atoms with Crippen LogP contribution in [0.2, 0.25) is 0 Å². The highest BCUT2D eigenvalue weighted by Crippen LogP contribution is 2.61. The maximum atomic E-state index is 10.7. The first kappa shape index (κ1) is 13.9. The van der Waals surface area contributed by atoms with Crippen LogP contribution < -0.4 is 0 Å². The van der Waals surface area contributed by atoms with Crippen LogP contribution in [0.1, 0.15) is 51.9 Å². The SMILES string of the molecule is CC1(CCC(=O)O)OOC2(OO1)C1CC3CC(C1)CC2C3. The van der Waals surface area contributed by atoms with Crippen LogP contribution in [0, 0.1) is 23.7 Å². The molecule has 118 valence electrons. The van der Waals surface area contributed by atoms with Crippen molar-refractivity contribution < 1.29 is 29.5 Å². The van der Waals surface area contributed by atoms with Gasteiger partial charge in [0.25, 0.3) is 0 Å². The summed E-state index contributed by atoms with van der Waals surface area (Å²) in [7, 11) is 0. The van der Waals surface area contributed by atoms with Gasteiger partial charge in [-0.15, -0.1) is 0 Å². The Kier molecular flexibility index (Phi) is 3.09. The molecule has 5 aliphatic rings. The molecule has 5 rings (SSSR count). The normalized spacial score (nSPS) is 51.5. The van der Waals surface area contributed by atoms with Crippen molar-refractivity contribution in [1.29, 1.82) is 0 Å². The van der Waals surface area contributed by atoms with E-state index in [9.17, 15) is 4.79 Å². The number of aliphatic carboxylic acids is 1. The van der Waals surface area contributed by atoms with E-state index in [0.29, 0.717) is 11.8 Å². The lowest BCUT2D eigenvalue weighted by Crippen LogP contribution is -2.64. The van der Waals surface area contributed by atoms with Gasteiger partial charge in [-0.3, -0.25) is 4.79 Å². The molecule has 4 bridgehead atoms. The maximum Gasteiger partial charge on any atom is 0.303 e. The molecule has 6 heteroatoms. The van der Waals surface area contributed by atoms with Crippen molar-refractivity contribution in [3.8, 4) is 0 Å². The molecule has 0 radical (unpaired) electrons. The van der Waals surface area contributed by atoms with Crippen LogP contribution in [-0.4, -0.2) is 22.7 Å². The quantitative estimate of drug-likeness (QED) is 0.807. The second-order valence-electron chi connectivity index (χ2n) is 7.39. The molecule has 4 aliphatic carbocycles. The van der Waals surface area contributed by atoms with E-state index in [-0.39, 0.29) is 12.8 Å². The second-order valence-corrected chi connectivity index (χ2v) is 7.39. The summed E-state index contributed by atoms with van der Waals surface area (Å²) in [5.74, 6) is -0.542. The zero-order valence-corrected chi connectivity index (χ0v) is 12.2. The highest BCUT2D eigenvalue weighted by Gasteiger charge is 2.64. The monoisotopic (exact) mass is 298 g/mol. The van der Waals surface area contributed by atoms with Crippen LogP contribution in [0.25, 0.3) is 0 Å². The van der Waals surface area contributed by atoms with Gasteiger partial charge in [0.1, 0.15) is 0 Å². The van der Waals surface area contributed by atoms with Crippen LogP contribution >= 0.6 is 0 Å². The third kappa shape index (κ3) is 2.20. The average molecular weight is 298 g/mol. The molecule has 1 heterocycles. The van der Waals surface area contributed by atoms with Crippen LogP contribution in [-0.2, 0) is 24.3 Å². The lowest BCUT2D eigenvalue weighted by molar-refractivity contribution is -0.675. The summed E-state index contributed by atoms with van der Waals surface area (Å²) in [6, 6.07) is 0. The zero-order valence-electron chi connectivity index (χ0n) is 12.2. The predicted octanol–water partition coefficient (Wildman–Crippen LogP) is 2.63. The number of hydrogen-bond acceptors (Lipinski definition) is 5. The van der Waals surface area contributed by atoms with Gasteiger partial charge < -0.3 is 5.11 Å². The Labute approximate surface area is 123 Å². The van der Waals surface area contributed by atoms with E-state index in [2.05, 4.69) is 0 Å². The molecule has 1 saturated heterocycles. The minimum absolute atomic E-state index is 0.0484. The zero-order chi connectivity index (χ0) is 14.7. The van der Waals surface area contributed by atoms with Gasteiger partial charge in [-0.1, -0.05) is 0 Å². The minimum atomic E-state index is -1.14. The van der Waals surface area contributed by atoms with Gasteiger partial charge in [0.2, 0.25) is 11.6 Å². The van der Waals surface area contributed by atoms with E-state index in [4.69, 9.17) is 24.7 Å². The third-order valence-corrected chi connectivity index (χ3v) is 5.77. The molecule has 5 fully saturated rings. The topological polar surface area (TPSA) is 74.2 Å². The molecule has 1 aliphatic heterocycles. The van der Waals surface area contributed by atoms with Crippen molar-refractivity contribution in [3.05, 3.63) is 0 Å². The fourth-order valence-corrected chi connectivity index (χ4v) is 4.86. The summed E-state index contributed by atoms with van der Waals surface area (Å²) in [5, 5.41) is 8.77. The van der Waals surface area contributed by atoms with Gasteiger partial charge in [-0.25, -0.2) is 0 Å². The molecule has 0 aromatic heterocycles. The summed E-state index contributed by atoms with van der Waals surface area (Å²) in [4.78, 5) is 33.2. The predicted molar refractivity (Wildman–Crippen MR) is 69.4 cm³/mol. The largest absolute Gasteiger partial charge is 0.481 e. The Morgan fingerprint density at radius 1 is 1.00 bits per heavy atom. The Bertz CT molecular complexity index is 409. The first-order valence-corrected chi connectivity index (χ1v) is 7.94. The average Bonchev–Trinajstić information content (AvgIpc) is 2.44. The molecule has 1 N–H and O–H groups in total. The third-order valence-electron chi connectivity index (χ3n) is 5.77. The van der Waals surface area contributed by atoms with Gasteiger partial charge in [0.05, 0.1) is 6.42 Å². The van der Waals surface area contributed by atoms with E-state index < -0.39 is 17.5 Å². The van der Waals surface area contributed by atoms with Crippen LogP contribution in [0.3, 0.4) is 0 Å². The Morgan fingerprint density at radius 3 is 2.00 bits per heavy atom. The van der Waals surface area contributed by atoms with Gasteiger partial charge in [0.15, 0.2) is 0 Å². The molecular formula is C15H22O6. The first-order chi connectivity index (χ1) is 9.99. The van der Waals surface area contributed by atoms with E-state index >= 15 is 0 Å². The molecule has 0 aromatic carbocycles. The molecule has 0 amide bonds. The van der Waals surface area contributed by atoms with Crippen LogP contribution in [0.5, 0.6) is 0 Å². The first-order valence-electron chi connectivity index (χ1n) is 7.94. The van der Waals surface area contributed by atoms with Crippen molar-refractivity contribution in [3.63, 3.8) is 0 Å². The van der Waals surface area contributed by atoms with Crippen molar-refractivity contribution in [2.45, 2.75) is 63.4 Å². The Morgan fingerprint density at radius 2 is 1.52 bits per heavy atom. The number of hydrogen-bond donors (Lipinski definition) is 1. The second kappa shape index (κ2) is 4.65. The van der Waals surface area contributed by atoms with E-state index in [1.54, 1.807) is 6.92 Å². The van der Waals surface area contributed by atoms with Gasteiger partial charge in [-0.05, 0) is 50.9 Å². The van der Waals surface area contributed by atoms with Crippen LogP contribution in [0.15, 0.2) is 0 Å². The summed E-state index contributed by atoms with van der Waals surface area (Å²) in [6.07, 6.45) is 5.96. The van der Waals surface area contributed by atoms with Gasteiger partial charge in [-0.2, -0.15) is 19.6 Å². The molecule has 6 nitrogen and oxygen atoms in total. The van der Waals surface area contributed by atoms with Crippen molar-refractivity contribution in [1.82, 2.24) is 0 Å².